The Bertz CT molecular complexity index is 1360. The fraction of sp³-hybridized carbons (Fsp3) is 0.333. The number of halogens is 1. The van der Waals surface area contributed by atoms with E-state index in [9.17, 15) is 14.3 Å². The van der Waals surface area contributed by atoms with E-state index in [0.29, 0.717) is 37.8 Å². The van der Waals surface area contributed by atoms with E-state index < -0.39 is 11.0 Å². The lowest BCUT2D eigenvalue weighted by Crippen LogP contribution is -2.45. The number of carbonyl (C=O) groups is 1. The van der Waals surface area contributed by atoms with Gasteiger partial charge in [-0.05, 0) is 86.6 Å². The van der Waals surface area contributed by atoms with Crippen molar-refractivity contribution in [2.75, 3.05) is 6.54 Å². The highest BCUT2D eigenvalue weighted by atomic mass is 19.1. The largest absolute Gasteiger partial charge is 0.389 e. The van der Waals surface area contributed by atoms with Crippen molar-refractivity contribution in [3.63, 3.8) is 0 Å². The number of nitrogens with one attached hydrogen (secondary N) is 1. The average molecular weight is 486 g/mol. The first-order valence-corrected chi connectivity index (χ1v) is 12.5. The van der Waals surface area contributed by atoms with Crippen molar-refractivity contribution >= 4 is 12.0 Å². The Labute approximate surface area is 211 Å². The quantitative estimate of drug-likeness (QED) is 0.439. The molecule has 186 valence electrons. The Morgan fingerprint density at radius 2 is 1.97 bits per heavy atom. The molecule has 0 bridgehead atoms. The van der Waals surface area contributed by atoms with Crippen LogP contribution in [0.25, 0.3) is 11.8 Å². The highest BCUT2D eigenvalue weighted by Crippen LogP contribution is 2.56. The van der Waals surface area contributed by atoms with Gasteiger partial charge in [0.05, 0.1) is 23.2 Å². The molecule has 3 aromatic rings. The zero-order valence-electron chi connectivity index (χ0n) is 20.9. The Hall–Kier alpha value is -3.51. The van der Waals surface area contributed by atoms with Crippen LogP contribution in [0.2, 0.25) is 0 Å². The molecular formula is C30H32FN3O2. The predicted molar refractivity (Wildman–Crippen MR) is 139 cm³/mol. The van der Waals surface area contributed by atoms with Crippen molar-refractivity contribution in [2.24, 2.45) is 5.41 Å². The van der Waals surface area contributed by atoms with E-state index in [1.807, 2.05) is 42.1 Å². The minimum Gasteiger partial charge on any atom is -0.389 e. The third kappa shape index (κ3) is 4.20. The fourth-order valence-electron chi connectivity index (χ4n) is 5.75. The van der Waals surface area contributed by atoms with E-state index in [2.05, 4.69) is 30.0 Å². The standard InChI is InChI=1S/C30H32FN3O2/c1-20(2)18-32-28(35)26-7-5-4-6-21(26)12-14-30(36)15-13-23-16-27-22(17-29(23,30)3)19-33-34(27)25-10-8-24(31)9-11-25/h4-11,16,19,36H,1,12-15,17-18H2,2-3H3,(H,32,35)/t29-,30-/m0/s1. The first kappa shape index (κ1) is 24.2. The molecule has 2 N–H and O–H groups in total. The van der Waals surface area contributed by atoms with Gasteiger partial charge in [0.25, 0.3) is 5.91 Å². The molecule has 0 unspecified atom stereocenters. The van der Waals surface area contributed by atoms with E-state index in [1.54, 1.807) is 12.1 Å². The van der Waals surface area contributed by atoms with Gasteiger partial charge in [0.15, 0.2) is 0 Å². The first-order valence-electron chi connectivity index (χ1n) is 12.5. The van der Waals surface area contributed by atoms with Crippen molar-refractivity contribution in [2.45, 2.75) is 51.6 Å². The highest BCUT2D eigenvalue weighted by molar-refractivity contribution is 5.95. The molecule has 5 nitrogen and oxygen atoms in total. The summed E-state index contributed by atoms with van der Waals surface area (Å²) in [6.07, 6.45) is 7.36. The van der Waals surface area contributed by atoms with E-state index >= 15 is 0 Å². The van der Waals surface area contributed by atoms with Crippen LogP contribution in [-0.2, 0) is 12.8 Å². The summed E-state index contributed by atoms with van der Waals surface area (Å²) >= 11 is 0. The number of amides is 1. The van der Waals surface area contributed by atoms with Crippen molar-refractivity contribution in [3.05, 3.63) is 101 Å². The number of rotatable bonds is 7. The number of aromatic nitrogens is 2. The molecule has 36 heavy (non-hydrogen) atoms. The lowest BCUT2D eigenvalue weighted by atomic mass is 9.65. The van der Waals surface area contributed by atoms with Gasteiger partial charge in [0, 0.05) is 17.5 Å². The molecule has 5 rings (SSSR count). The number of aryl methyl sites for hydroxylation is 1. The number of aliphatic hydroxyl groups is 1. The van der Waals surface area contributed by atoms with Crippen LogP contribution in [0.5, 0.6) is 0 Å². The summed E-state index contributed by atoms with van der Waals surface area (Å²) in [5.41, 5.74) is 5.28. The molecule has 1 saturated carbocycles. The molecule has 0 spiro atoms. The fourth-order valence-corrected chi connectivity index (χ4v) is 5.75. The van der Waals surface area contributed by atoms with E-state index in [1.165, 1.54) is 17.7 Å². The summed E-state index contributed by atoms with van der Waals surface area (Å²) in [4.78, 5) is 12.8. The minimum atomic E-state index is -0.893. The maximum absolute atomic E-state index is 13.4. The predicted octanol–water partition coefficient (Wildman–Crippen LogP) is 5.42. The van der Waals surface area contributed by atoms with Gasteiger partial charge in [-0.1, -0.05) is 42.8 Å². The molecule has 2 aromatic carbocycles. The second-order valence-electron chi connectivity index (χ2n) is 10.5. The van der Waals surface area contributed by atoms with Crippen molar-refractivity contribution in [1.82, 2.24) is 15.1 Å². The monoisotopic (exact) mass is 485 g/mol. The summed E-state index contributed by atoms with van der Waals surface area (Å²) in [7, 11) is 0. The van der Waals surface area contributed by atoms with Gasteiger partial charge in [0.1, 0.15) is 5.82 Å². The number of carbonyl (C=O) groups excluding carboxylic acids is 1. The maximum atomic E-state index is 13.4. The molecule has 2 aliphatic carbocycles. The van der Waals surface area contributed by atoms with E-state index in [0.717, 1.165) is 34.5 Å². The zero-order valence-corrected chi connectivity index (χ0v) is 20.9. The van der Waals surface area contributed by atoms with Crippen LogP contribution in [0, 0.1) is 11.2 Å². The van der Waals surface area contributed by atoms with Crippen LogP contribution >= 0.6 is 0 Å². The highest BCUT2D eigenvalue weighted by Gasteiger charge is 2.54. The Morgan fingerprint density at radius 1 is 1.22 bits per heavy atom. The van der Waals surface area contributed by atoms with Gasteiger partial charge in [-0.3, -0.25) is 4.79 Å². The van der Waals surface area contributed by atoms with Crippen LogP contribution in [0.1, 0.15) is 60.3 Å². The third-order valence-electron chi connectivity index (χ3n) is 7.98. The van der Waals surface area contributed by atoms with Gasteiger partial charge in [0.2, 0.25) is 0 Å². The molecule has 2 aliphatic rings. The second-order valence-corrected chi connectivity index (χ2v) is 10.5. The Morgan fingerprint density at radius 3 is 2.72 bits per heavy atom. The minimum absolute atomic E-state index is 0.116. The summed E-state index contributed by atoms with van der Waals surface area (Å²) in [5.74, 6) is -0.393. The van der Waals surface area contributed by atoms with Gasteiger partial charge >= 0.3 is 0 Å². The molecule has 6 heteroatoms. The SMILES string of the molecule is C=C(C)CNC(=O)c1ccccc1CC[C@]1(O)CCC2=Cc3c(cnn3-c3ccc(F)cc3)C[C@@]21C. The first-order chi connectivity index (χ1) is 17.2. The number of hydrogen-bond donors (Lipinski definition) is 2. The summed E-state index contributed by atoms with van der Waals surface area (Å²) in [5, 5.41) is 19.5. The van der Waals surface area contributed by atoms with Gasteiger partial charge in [-0.2, -0.15) is 5.10 Å². The smallest absolute Gasteiger partial charge is 0.251 e. The van der Waals surface area contributed by atoms with Crippen LogP contribution in [0.15, 0.2) is 72.5 Å². The lowest BCUT2D eigenvalue weighted by Gasteiger charge is -2.42. The van der Waals surface area contributed by atoms with E-state index in [-0.39, 0.29) is 11.7 Å². The van der Waals surface area contributed by atoms with Crippen LogP contribution < -0.4 is 5.32 Å². The van der Waals surface area contributed by atoms with Crippen LogP contribution in [-0.4, -0.2) is 32.9 Å². The Balaban J connectivity index is 1.37. The third-order valence-corrected chi connectivity index (χ3v) is 7.98. The molecule has 0 aliphatic heterocycles. The topological polar surface area (TPSA) is 67.2 Å². The van der Waals surface area contributed by atoms with Gasteiger partial charge in [-0.25, -0.2) is 9.07 Å². The summed E-state index contributed by atoms with van der Waals surface area (Å²) < 4.78 is 15.3. The number of fused-ring (bicyclic) bond motifs is 2. The van der Waals surface area contributed by atoms with E-state index in [4.69, 9.17) is 0 Å². The summed E-state index contributed by atoms with van der Waals surface area (Å²) in [6, 6.07) is 13.9. The molecule has 1 aromatic heterocycles. The number of nitrogens with zero attached hydrogens (tertiary/aromatic N) is 2. The average Bonchev–Trinajstić information content (AvgIpc) is 3.38. The second kappa shape index (κ2) is 9.17. The summed E-state index contributed by atoms with van der Waals surface area (Å²) in [6.45, 7) is 8.32. The number of hydrogen-bond acceptors (Lipinski definition) is 3. The molecular weight excluding hydrogens is 453 g/mol. The zero-order chi connectivity index (χ0) is 25.5. The van der Waals surface area contributed by atoms with Crippen molar-refractivity contribution in [3.8, 4) is 5.69 Å². The van der Waals surface area contributed by atoms with Crippen LogP contribution in [0.4, 0.5) is 4.39 Å². The lowest BCUT2D eigenvalue weighted by molar-refractivity contribution is -0.0461. The molecule has 1 heterocycles. The maximum Gasteiger partial charge on any atom is 0.251 e. The molecule has 0 saturated heterocycles. The normalized spacial score (nSPS) is 22.5. The van der Waals surface area contributed by atoms with Gasteiger partial charge in [-0.15, -0.1) is 0 Å². The molecule has 1 fully saturated rings. The molecule has 2 atom stereocenters. The van der Waals surface area contributed by atoms with Crippen molar-refractivity contribution < 1.29 is 14.3 Å². The molecule has 1 amide bonds. The van der Waals surface area contributed by atoms with Crippen molar-refractivity contribution in [1.29, 1.82) is 0 Å². The number of benzene rings is 2. The molecule has 0 radical (unpaired) electrons. The Kier molecular flexibility index (Phi) is 6.17. The van der Waals surface area contributed by atoms with Gasteiger partial charge < -0.3 is 10.4 Å². The van der Waals surface area contributed by atoms with Crippen LogP contribution in [0.3, 0.4) is 0 Å².